The van der Waals surface area contributed by atoms with Crippen molar-refractivity contribution in [3.8, 4) is 0 Å². The van der Waals surface area contributed by atoms with E-state index < -0.39 is 21.5 Å². The minimum atomic E-state index is -0.850. The fraction of sp³-hybridized carbons (Fsp3) is 0.500. The second kappa shape index (κ2) is 3.40. The highest BCUT2D eigenvalue weighted by molar-refractivity contribution is 5.42. The molecule has 0 saturated carbocycles. The van der Waals surface area contributed by atoms with Crippen LogP contribution in [0.25, 0.3) is 0 Å². The fourth-order valence-electron chi connectivity index (χ4n) is 1.22. The predicted molar refractivity (Wildman–Crippen MR) is 45.9 cm³/mol. The van der Waals surface area contributed by atoms with Gasteiger partial charge in [0.05, 0.1) is 6.54 Å². The molecule has 0 spiro atoms. The van der Waals surface area contributed by atoms with Crippen LogP contribution in [0.1, 0.15) is 12.7 Å². The Morgan fingerprint density at radius 1 is 1.36 bits per heavy atom. The molecular weight excluding hydrogens is 192 g/mol. The van der Waals surface area contributed by atoms with Crippen molar-refractivity contribution in [2.45, 2.75) is 20.4 Å². The summed E-state index contributed by atoms with van der Waals surface area (Å²) in [6, 6.07) is 0. The van der Waals surface area contributed by atoms with Gasteiger partial charge < -0.3 is 20.2 Å². The van der Waals surface area contributed by atoms with Gasteiger partial charge in [-0.25, -0.2) is 0 Å². The number of imidazole rings is 1. The Bertz CT molecular complexity index is 397. The van der Waals surface area contributed by atoms with Crippen molar-refractivity contribution in [1.29, 1.82) is 0 Å². The van der Waals surface area contributed by atoms with Crippen molar-refractivity contribution >= 4 is 11.6 Å². The molecule has 0 aliphatic heterocycles. The van der Waals surface area contributed by atoms with Gasteiger partial charge >= 0.3 is 17.5 Å². The third kappa shape index (κ3) is 1.41. The lowest BCUT2D eigenvalue weighted by Gasteiger charge is -1.95. The lowest BCUT2D eigenvalue weighted by Crippen LogP contribution is -2.03. The molecule has 8 nitrogen and oxygen atoms in total. The number of aryl methyl sites for hydroxylation is 1. The van der Waals surface area contributed by atoms with Crippen LogP contribution >= 0.6 is 0 Å². The van der Waals surface area contributed by atoms with E-state index in [9.17, 15) is 20.2 Å². The van der Waals surface area contributed by atoms with Gasteiger partial charge in [-0.1, -0.05) is 0 Å². The summed E-state index contributed by atoms with van der Waals surface area (Å²) in [7, 11) is 0. The van der Waals surface area contributed by atoms with E-state index in [0.717, 1.165) is 0 Å². The number of hydrogen-bond donors (Lipinski definition) is 0. The summed E-state index contributed by atoms with van der Waals surface area (Å²) >= 11 is 0. The molecule has 0 atom stereocenters. The molecule has 0 unspecified atom stereocenters. The molecule has 76 valence electrons. The summed E-state index contributed by atoms with van der Waals surface area (Å²) < 4.78 is 1.19. The Hall–Kier alpha value is -1.99. The number of aromatic nitrogens is 2. The first-order valence-corrected chi connectivity index (χ1v) is 3.85. The average molecular weight is 200 g/mol. The summed E-state index contributed by atoms with van der Waals surface area (Å²) in [5, 5.41) is 21.0. The highest BCUT2D eigenvalue weighted by atomic mass is 16.6. The normalized spacial score (nSPS) is 10.1. The maximum Gasteiger partial charge on any atom is 0.462 e. The maximum atomic E-state index is 10.6. The van der Waals surface area contributed by atoms with Crippen LogP contribution in [0.4, 0.5) is 11.6 Å². The molecule has 0 aliphatic carbocycles. The Morgan fingerprint density at radius 3 is 2.29 bits per heavy atom. The quantitative estimate of drug-likeness (QED) is 0.535. The topological polar surface area (TPSA) is 104 Å². The lowest BCUT2D eigenvalue weighted by molar-refractivity contribution is -0.428. The summed E-state index contributed by atoms with van der Waals surface area (Å²) in [6.07, 6.45) is 0. The van der Waals surface area contributed by atoms with Crippen LogP contribution in [-0.4, -0.2) is 19.4 Å². The molecule has 1 aromatic rings. The van der Waals surface area contributed by atoms with Gasteiger partial charge in [-0.2, -0.15) is 4.57 Å². The van der Waals surface area contributed by atoms with Gasteiger partial charge in [0.2, 0.25) is 0 Å². The lowest BCUT2D eigenvalue weighted by atomic mass is 10.6. The molecule has 14 heavy (non-hydrogen) atoms. The molecule has 0 radical (unpaired) electrons. The molecule has 1 rings (SSSR count). The van der Waals surface area contributed by atoms with Gasteiger partial charge in [0.15, 0.2) is 0 Å². The van der Waals surface area contributed by atoms with E-state index in [4.69, 9.17) is 0 Å². The van der Waals surface area contributed by atoms with Crippen LogP contribution in [0.3, 0.4) is 0 Å². The second-order valence-electron chi connectivity index (χ2n) is 2.56. The molecule has 0 amide bonds. The fourth-order valence-corrected chi connectivity index (χ4v) is 1.22. The molecule has 0 aromatic carbocycles. The largest absolute Gasteiger partial charge is 0.462 e. The predicted octanol–water partition coefficient (Wildman–Crippen LogP) is 1.03. The van der Waals surface area contributed by atoms with Crippen molar-refractivity contribution < 1.29 is 9.85 Å². The van der Waals surface area contributed by atoms with Crippen LogP contribution in [0, 0.1) is 27.2 Å². The van der Waals surface area contributed by atoms with Gasteiger partial charge in [-0.05, 0) is 16.8 Å². The zero-order chi connectivity index (χ0) is 10.9. The SMILES string of the molecule is CCn1c(C)nc([N+](=O)[O-])c1[N+](=O)[O-]. The monoisotopic (exact) mass is 200 g/mol. The van der Waals surface area contributed by atoms with Crippen LogP contribution in [0.2, 0.25) is 0 Å². The highest BCUT2D eigenvalue weighted by Gasteiger charge is 2.34. The molecule has 8 heteroatoms. The maximum absolute atomic E-state index is 10.6. The molecule has 1 heterocycles. The first-order valence-electron chi connectivity index (χ1n) is 3.85. The highest BCUT2D eigenvalue weighted by Crippen LogP contribution is 2.26. The summed E-state index contributed by atoms with van der Waals surface area (Å²) in [5.74, 6) is -0.991. The van der Waals surface area contributed by atoms with E-state index in [1.165, 1.54) is 11.5 Å². The average Bonchev–Trinajstić information content (AvgIpc) is 2.42. The van der Waals surface area contributed by atoms with E-state index in [2.05, 4.69) is 4.98 Å². The van der Waals surface area contributed by atoms with Crippen molar-refractivity contribution in [2.24, 2.45) is 0 Å². The molecule has 0 fully saturated rings. The Morgan fingerprint density at radius 2 is 1.93 bits per heavy atom. The Kier molecular flexibility index (Phi) is 2.45. The minimum Gasteiger partial charge on any atom is -0.358 e. The third-order valence-corrected chi connectivity index (χ3v) is 1.78. The second-order valence-corrected chi connectivity index (χ2v) is 2.56. The van der Waals surface area contributed by atoms with Crippen LogP contribution in [-0.2, 0) is 6.54 Å². The first kappa shape index (κ1) is 10.1. The van der Waals surface area contributed by atoms with Crippen molar-refractivity contribution in [1.82, 2.24) is 9.55 Å². The minimum absolute atomic E-state index is 0.269. The summed E-state index contributed by atoms with van der Waals surface area (Å²) in [4.78, 5) is 22.9. The van der Waals surface area contributed by atoms with Crippen LogP contribution in [0.5, 0.6) is 0 Å². The van der Waals surface area contributed by atoms with E-state index in [1.54, 1.807) is 6.92 Å². The van der Waals surface area contributed by atoms with Crippen molar-refractivity contribution in [3.05, 3.63) is 26.1 Å². The standard InChI is InChI=1S/C6H8N4O4/c1-3-8-4(2)7-5(9(11)12)6(8)10(13)14/h3H2,1-2H3. The molecule has 1 aromatic heterocycles. The molecule has 0 saturated heterocycles. The summed E-state index contributed by atoms with van der Waals surface area (Å²) in [5.41, 5.74) is 0. The Balaban J connectivity index is 3.45. The Labute approximate surface area is 78.5 Å². The third-order valence-electron chi connectivity index (χ3n) is 1.78. The van der Waals surface area contributed by atoms with E-state index in [1.807, 2.05) is 0 Å². The smallest absolute Gasteiger partial charge is 0.358 e. The van der Waals surface area contributed by atoms with Gasteiger partial charge in [-0.15, -0.1) is 0 Å². The number of rotatable bonds is 3. The van der Waals surface area contributed by atoms with E-state index >= 15 is 0 Å². The zero-order valence-electron chi connectivity index (χ0n) is 7.63. The summed E-state index contributed by atoms with van der Waals surface area (Å²) in [6.45, 7) is 3.43. The van der Waals surface area contributed by atoms with Crippen LogP contribution in [0.15, 0.2) is 0 Å². The molecule has 0 bridgehead atoms. The number of nitrogens with zero attached hydrogens (tertiary/aromatic N) is 4. The van der Waals surface area contributed by atoms with E-state index in [-0.39, 0.29) is 12.4 Å². The number of hydrogen-bond acceptors (Lipinski definition) is 5. The van der Waals surface area contributed by atoms with Crippen molar-refractivity contribution in [3.63, 3.8) is 0 Å². The van der Waals surface area contributed by atoms with Gasteiger partial charge in [0.25, 0.3) is 0 Å². The van der Waals surface area contributed by atoms with Gasteiger partial charge in [0, 0.05) is 11.9 Å². The molecule has 0 N–H and O–H groups in total. The van der Waals surface area contributed by atoms with Crippen molar-refractivity contribution in [2.75, 3.05) is 0 Å². The van der Waals surface area contributed by atoms with E-state index in [0.29, 0.717) is 0 Å². The van der Waals surface area contributed by atoms with Crippen LogP contribution < -0.4 is 0 Å². The number of nitro groups is 2. The first-order chi connectivity index (χ1) is 6.49. The zero-order valence-corrected chi connectivity index (χ0v) is 7.63. The van der Waals surface area contributed by atoms with Gasteiger partial charge in [-0.3, -0.25) is 0 Å². The molecular formula is C6H8N4O4. The van der Waals surface area contributed by atoms with Gasteiger partial charge in [0.1, 0.15) is 0 Å². The molecule has 0 aliphatic rings.